The zero-order valence-electron chi connectivity index (χ0n) is 12.7. The molecule has 2 aromatic heterocycles. The van der Waals surface area contributed by atoms with E-state index in [1.54, 1.807) is 41.0 Å². The predicted octanol–water partition coefficient (Wildman–Crippen LogP) is 2.34. The lowest BCUT2D eigenvalue weighted by Crippen LogP contribution is -2.13. The van der Waals surface area contributed by atoms with E-state index in [2.05, 4.69) is 25.5 Å². The number of halogens is 1. The van der Waals surface area contributed by atoms with E-state index in [-0.39, 0.29) is 11.6 Å². The maximum Gasteiger partial charge on any atom is 0.323 e. The van der Waals surface area contributed by atoms with Crippen molar-refractivity contribution in [1.29, 1.82) is 0 Å². The van der Waals surface area contributed by atoms with E-state index in [9.17, 15) is 9.59 Å². The number of fused-ring (bicyclic) bond motifs is 1. The van der Waals surface area contributed by atoms with E-state index in [1.165, 1.54) is 12.7 Å². The number of nitrogens with zero attached hydrogens (tertiary/aromatic N) is 3. The zero-order valence-corrected chi connectivity index (χ0v) is 13.4. The van der Waals surface area contributed by atoms with Crippen molar-refractivity contribution in [3.05, 3.63) is 70.1 Å². The number of aromatic amines is 2. The minimum absolute atomic E-state index is 0.303. The number of hydrogen-bond donors (Lipinski definition) is 3. The van der Waals surface area contributed by atoms with Crippen LogP contribution in [0.4, 0.5) is 5.69 Å². The molecule has 2 aromatic carbocycles. The molecule has 124 valence electrons. The lowest BCUT2D eigenvalue weighted by Gasteiger charge is -2.09. The van der Waals surface area contributed by atoms with Gasteiger partial charge in [-0.3, -0.25) is 9.36 Å². The second-order valence-electron chi connectivity index (χ2n) is 5.33. The van der Waals surface area contributed by atoms with Crippen LogP contribution in [0.15, 0.2) is 53.8 Å². The van der Waals surface area contributed by atoms with Gasteiger partial charge in [0, 0.05) is 11.4 Å². The van der Waals surface area contributed by atoms with Crippen LogP contribution < -0.4 is 11.0 Å². The first kappa shape index (κ1) is 15.2. The van der Waals surface area contributed by atoms with Crippen LogP contribution >= 0.6 is 11.6 Å². The highest BCUT2D eigenvalue weighted by Gasteiger charge is 2.13. The molecule has 9 heteroatoms. The van der Waals surface area contributed by atoms with E-state index >= 15 is 0 Å². The summed E-state index contributed by atoms with van der Waals surface area (Å²) in [5, 5.41) is 10.6. The number of rotatable bonds is 3. The van der Waals surface area contributed by atoms with E-state index in [0.29, 0.717) is 33.0 Å². The molecule has 2 heterocycles. The number of imidazole rings is 1. The molecule has 25 heavy (non-hydrogen) atoms. The molecule has 4 rings (SSSR count). The highest BCUT2D eigenvalue weighted by Crippen LogP contribution is 2.22. The van der Waals surface area contributed by atoms with Crippen molar-refractivity contribution in [2.45, 2.75) is 0 Å². The van der Waals surface area contributed by atoms with E-state index in [0.717, 1.165) is 0 Å². The first-order chi connectivity index (χ1) is 12.1. The molecule has 0 aliphatic rings. The third kappa shape index (κ3) is 2.90. The molecule has 0 aliphatic carbocycles. The topological polar surface area (TPSA) is 108 Å². The van der Waals surface area contributed by atoms with Crippen LogP contribution in [0.5, 0.6) is 0 Å². The zero-order chi connectivity index (χ0) is 17.4. The Kier molecular flexibility index (Phi) is 3.58. The SMILES string of the molecule is O=C(Nc1ccc2[nH]c(=O)[nH]c2c1)c1cc(-n2cnnc2)ccc1Cl. The van der Waals surface area contributed by atoms with Gasteiger partial charge in [-0.25, -0.2) is 4.79 Å². The first-order valence-electron chi connectivity index (χ1n) is 7.28. The first-order valence-corrected chi connectivity index (χ1v) is 7.66. The molecule has 0 spiro atoms. The Morgan fingerprint density at radius 3 is 2.60 bits per heavy atom. The summed E-state index contributed by atoms with van der Waals surface area (Å²) in [6.45, 7) is 0. The van der Waals surface area contributed by atoms with Crippen molar-refractivity contribution >= 4 is 34.2 Å². The Hall–Kier alpha value is -3.39. The fourth-order valence-corrected chi connectivity index (χ4v) is 2.69. The molecule has 0 fully saturated rings. The van der Waals surface area contributed by atoms with Gasteiger partial charge in [-0.2, -0.15) is 0 Å². The van der Waals surface area contributed by atoms with Crippen LogP contribution in [0.2, 0.25) is 5.02 Å². The summed E-state index contributed by atoms with van der Waals surface area (Å²) in [4.78, 5) is 29.2. The van der Waals surface area contributed by atoms with Crippen LogP contribution in [0.3, 0.4) is 0 Å². The van der Waals surface area contributed by atoms with Gasteiger partial charge in [-0.15, -0.1) is 10.2 Å². The molecule has 0 aliphatic heterocycles. The van der Waals surface area contributed by atoms with Gasteiger partial charge in [0.15, 0.2) is 0 Å². The Labute approximate surface area is 145 Å². The average molecular weight is 355 g/mol. The van der Waals surface area contributed by atoms with Crippen LogP contribution in [0, 0.1) is 0 Å². The quantitative estimate of drug-likeness (QED) is 0.524. The largest absolute Gasteiger partial charge is 0.323 e. The molecule has 1 amide bonds. The molecule has 0 saturated carbocycles. The summed E-state index contributed by atoms with van der Waals surface area (Å²) in [5.41, 5.74) is 2.53. The van der Waals surface area contributed by atoms with Crippen LogP contribution in [0.25, 0.3) is 16.7 Å². The molecule has 0 bridgehead atoms. The number of anilines is 1. The average Bonchev–Trinajstić information content (AvgIpc) is 3.23. The Morgan fingerprint density at radius 2 is 1.80 bits per heavy atom. The summed E-state index contributed by atoms with van der Waals surface area (Å²) in [5.74, 6) is -0.364. The minimum Gasteiger partial charge on any atom is -0.322 e. The van der Waals surface area contributed by atoms with Gasteiger partial charge in [0.25, 0.3) is 5.91 Å². The van der Waals surface area contributed by atoms with Crippen LogP contribution in [-0.4, -0.2) is 30.6 Å². The molecular formula is C16H11ClN6O2. The molecule has 0 saturated heterocycles. The number of H-pyrrole nitrogens is 2. The maximum atomic E-state index is 12.6. The second kappa shape index (κ2) is 5.91. The molecule has 0 atom stereocenters. The number of amides is 1. The maximum absolute atomic E-state index is 12.6. The van der Waals surface area contributed by atoms with Crippen molar-refractivity contribution in [2.24, 2.45) is 0 Å². The molecule has 4 aromatic rings. The van der Waals surface area contributed by atoms with Crippen LogP contribution in [0.1, 0.15) is 10.4 Å². The molecule has 0 radical (unpaired) electrons. The third-order valence-electron chi connectivity index (χ3n) is 3.69. The lowest BCUT2D eigenvalue weighted by atomic mass is 10.1. The Morgan fingerprint density at radius 1 is 1.04 bits per heavy atom. The summed E-state index contributed by atoms with van der Waals surface area (Å²) < 4.78 is 1.67. The highest BCUT2D eigenvalue weighted by molar-refractivity contribution is 6.34. The lowest BCUT2D eigenvalue weighted by molar-refractivity contribution is 0.102. The fraction of sp³-hybridized carbons (Fsp3) is 0. The van der Waals surface area contributed by atoms with Gasteiger partial charge < -0.3 is 15.3 Å². The number of carbonyl (C=O) groups is 1. The van der Waals surface area contributed by atoms with E-state index in [1.807, 2.05) is 0 Å². The normalized spacial score (nSPS) is 10.9. The number of nitrogens with one attached hydrogen (secondary N) is 3. The van der Waals surface area contributed by atoms with Gasteiger partial charge in [-0.05, 0) is 36.4 Å². The predicted molar refractivity (Wildman–Crippen MR) is 93.2 cm³/mol. The summed E-state index contributed by atoms with van der Waals surface area (Å²) >= 11 is 6.16. The molecule has 3 N–H and O–H groups in total. The number of aromatic nitrogens is 5. The van der Waals surface area contributed by atoms with Crippen molar-refractivity contribution in [3.63, 3.8) is 0 Å². The summed E-state index contributed by atoms with van der Waals surface area (Å²) in [6, 6.07) is 10.1. The minimum atomic E-state index is -0.364. The third-order valence-corrected chi connectivity index (χ3v) is 4.01. The highest BCUT2D eigenvalue weighted by atomic mass is 35.5. The van der Waals surface area contributed by atoms with Gasteiger partial charge >= 0.3 is 5.69 Å². The Balaban J connectivity index is 1.65. The summed E-state index contributed by atoms with van der Waals surface area (Å²) in [7, 11) is 0. The summed E-state index contributed by atoms with van der Waals surface area (Å²) in [6.07, 6.45) is 3.06. The number of carbonyl (C=O) groups excluding carboxylic acids is 1. The second-order valence-corrected chi connectivity index (χ2v) is 5.73. The Bertz CT molecular complexity index is 1130. The van der Waals surface area contributed by atoms with Gasteiger partial charge in [0.05, 0.1) is 21.6 Å². The molecular weight excluding hydrogens is 344 g/mol. The van der Waals surface area contributed by atoms with Crippen LogP contribution in [-0.2, 0) is 0 Å². The molecule has 0 unspecified atom stereocenters. The van der Waals surface area contributed by atoms with Gasteiger partial charge in [0.2, 0.25) is 0 Å². The van der Waals surface area contributed by atoms with Crippen molar-refractivity contribution in [2.75, 3.05) is 5.32 Å². The van der Waals surface area contributed by atoms with Gasteiger partial charge in [-0.1, -0.05) is 11.6 Å². The van der Waals surface area contributed by atoms with E-state index in [4.69, 9.17) is 11.6 Å². The van der Waals surface area contributed by atoms with Crippen molar-refractivity contribution in [1.82, 2.24) is 24.7 Å². The fourth-order valence-electron chi connectivity index (χ4n) is 2.49. The smallest absolute Gasteiger partial charge is 0.322 e. The van der Waals surface area contributed by atoms with E-state index < -0.39 is 0 Å². The van der Waals surface area contributed by atoms with Gasteiger partial charge in [0.1, 0.15) is 12.7 Å². The monoisotopic (exact) mass is 354 g/mol. The number of benzene rings is 2. The standard InChI is InChI=1S/C16H11ClN6O2/c17-12-3-2-10(23-7-18-19-8-23)6-11(12)15(24)20-9-1-4-13-14(5-9)22-16(25)21-13/h1-8H,(H,20,24)(H2,21,22,25). The molecule has 8 nitrogen and oxygen atoms in total. The van der Waals surface area contributed by atoms with Crippen molar-refractivity contribution < 1.29 is 4.79 Å². The van der Waals surface area contributed by atoms with Crippen molar-refractivity contribution in [3.8, 4) is 5.69 Å². The number of hydrogen-bond acceptors (Lipinski definition) is 4.